The minimum Gasteiger partial charge on any atom is -0.357 e. The first-order valence-corrected chi connectivity index (χ1v) is 11.6. The van der Waals surface area contributed by atoms with Crippen molar-refractivity contribution in [2.24, 2.45) is 0 Å². The molecule has 0 radical (unpaired) electrons. The van der Waals surface area contributed by atoms with Crippen molar-refractivity contribution in [1.29, 1.82) is 0 Å². The van der Waals surface area contributed by atoms with Crippen molar-refractivity contribution >= 4 is 17.4 Å². The zero-order valence-corrected chi connectivity index (χ0v) is 19.4. The number of amides is 1. The van der Waals surface area contributed by atoms with Crippen LogP contribution in [0.2, 0.25) is 0 Å². The SMILES string of the molecule is CC.CCCN(CCC)c1ccc(CN(C(=O)C2CCCN2)c2ccc(F)cc2)cn1. The van der Waals surface area contributed by atoms with E-state index >= 15 is 0 Å². The van der Waals surface area contributed by atoms with Crippen LogP contribution in [0.4, 0.5) is 15.9 Å². The largest absolute Gasteiger partial charge is 0.357 e. The summed E-state index contributed by atoms with van der Waals surface area (Å²) in [4.78, 5) is 21.8. The van der Waals surface area contributed by atoms with E-state index in [1.165, 1.54) is 12.1 Å². The zero-order chi connectivity index (χ0) is 22.6. The molecule has 1 aliphatic heterocycles. The fraction of sp³-hybridized carbons (Fsp3) is 0.520. The van der Waals surface area contributed by atoms with Crippen molar-refractivity contribution in [3.8, 4) is 0 Å². The van der Waals surface area contributed by atoms with E-state index in [9.17, 15) is 9.18 Å². The molecule has 31 heavy (non-hydrogen) atoms. The van der Waals surface area contributed by atoms with Crippen molar-refractivity contribution in [3.63, 3.8) is 0 Å². The average molecular weight is 429 g/mol. The molecule has 1 fully saturated rings. The van der Waals surface area contributed by atoms with Gasteiger partial charge in [-0.25, -0.2) is 9.37 Å². The Morgan fingerprint density at radius 2 is 1.77 bits per heavy atom. The van der Waals surface area contributed by atoms with E-state index in [2.05, 4.69) is 29.0 Å². The second-order valence-corrected chi connectivity index (χ2v) is 7.56. The summed E-state index contributed by atoms with van der Waals surface area (Å²) >= 11 is 0. The van der Waals surface area contributed by atoms with Gasteiger partial charge in [0.2, 0.25) is 5.91 Å². The van der Waals surface area contributed by atoms with Crippen LogP contribution in [0, 0.1) is 5.82 Å². The van der Waals surface area contributed by atoms with Gasteiger partial charge in [-0.15, -0.1) is 0 Å². The van der Waals surface area contributed by atoms with Gasteiger partial charge in [0.15, 0.2) is 0 Å². The number of rotatable bonds is 9. The number of pyridine rings is 1. The molecule has 1 amide bonds. The second-order valence-electron chi connectivity index (χ2n) is 7.56. The molecular weight excluding hydrogens is 391 g/mol. The Hall–Kier alpha value is -2.47. The summed E-state index contributed by atoms with van der Waals surface area (Å²) in [5, 5.41) is 3.27. The summed E-state index contributed by atoms with van der Waals surface area (Å²) in [7, 11) is 0. The maximum absolute atomic E-state index is 13.4. The standard InChI is InChI=1S/C23H31FN4O.C2H6/c1-3-14-27(15-4-2)22-12-7-18(16-26-22)17-28(20-10-8-19(24)9-11-20)23(29)21-6-5-13-25-21;1-2/h7-12,16,21,25H,3-6,13-15,17H2,1-2H3;1-2H3. The number of aromatic nitrogens is 1. The number of nitrogens with one attached hydrogen (secondary N) is 1. The molecule has 1 unspecified atom stereocenters. The molecule has 2 heterocycles. The smallest absolute Gasteiger partial charge is 0.244 e. The average Bonchev–Trinajstić information content (AvgIpc) is 3.34. The molecule has 3 rings (SSSR count). The Morgan fingerprint density at radius 3 is 2.29 bits per heavy atom. The van der Waals surface area contributed by atoms with Gasteiger partial charge in [0.05, 0.1) is 12.6 Å². The molecule has 5 nitrogen and oxygen atoms in total. The minimum atomic E-state index is -0.307. The summed E-state index contributed by atoms with van der Waals surface area (Å²) in [6.07, 6.45) is 5.82. The van der Waals surface area contributed by atoms with E-state index in [1.54, 1.807) is 17.0 Å². The summed E-state index contributed by atoms with van der Waals surface area (Å²) < 4.78 is 13.4. The van der Waals surface area contributed by atoms with Crippen molar-refractivity contribution in [2.75, 3.05) is 29.4 Å². The summed E-state index contributed by atoms with van der Waals surface area (Å²) in [5.74, 6) is 0.685. The highest BCUT2D eigenvalue weighted by atomic mass is 19.1. The van der Waals surface area contributed by atoms with Gasteiger partial charge in [0, 0.05) is 25.0 Å². The van der Waals surface area contributed by atoms with Crippen LogP contribution in [0.1, 0.15) is 58.9 Å². The third-order valence-electron chi connectivity index (χ3n) is 5.22. The van der Waals surface area contributed by atoms with E-state index in [-0.39, 0.29) is 17.8 Å². The van der Waals surface area contributed by atoms with Crippen molar-refractivity contribution in [2.45, 2.75) is 66.0 Å². The predicted molar refractivity (Wildman–Crippen MR) is 127 cm³/mol. The molecular formula is C25H37FN4O. The van der Waals surface area contributed by atoms with Crippen LogP contribution in [0.5, 0.6) is 0 Å². The number of halogens is 1. The molecule has 1 aromatic carbocycles. The van der Waals surface area contributed by atoms with E-state index in [0.717, 1.165) is 56.7 Å². The third kappa shape index (κ3) is 7.03. The monoisotopic (exact) mass is 428 g/mol. The number of carbonyl (C=O) groups is 1. The van der Waals surface area contributed by atoms with Gasteiger partial charge in [-0.1, -0.05) is 33.8 Å². The Kier molecular flexibility index (Phi) is 10.4. The molecule has 1 aromatic heterocycles. The van der Waals surface area contributed by atoms with Crippen LogP contribution in [0.15, 0.2) is 42.6 Å². The zero-order valence-electron chi connectivity index (χ0n) is 19.4. The van der Waals surface area contributed by atoms with Crippen molar-refractivity contribution in [3.05, 3.63) is 54.0 Å². The Morgan fingerprint density at radius 1 is 1.10 bits per heavy atom. The lowest BCUT2D eigenvalue weighted by Gasteiger charge is -2.27. The van der Waals surface area contributed by atoms with Gasteiger partial charge < -0.3 is 15.1 Å². The Balaban J connectivity index is 0.00000166. The fourth-order valence-corrected chi connectivity index (χ4v) is 3.76. The molecule has 1 saturated heterocycles. The molecule has 0 aliphatic carbocycles. The molecule has 2 aromatic rings. The van der Waals surface area contributed by atoms with Crippen LogP contribution in [0.3, 0.4) is 0 Å². The summed E-state index contributed by atoms with van der Waals surface area (Å²) in [6.45, 7) is 11.6. The van der Waals surface area contributed by atoms with E-state index < -0.39 is 0 Å². The first-order valence-electron chi connectivity index (χ1n) is 11.6. The minimum absolute atomic E-state index is 0.0248. The van der Waals surface area contributed by atoms with Crippen molar-refractivity contribution < 1.29 is 9.18 Å². The quantitative estimate of drug-likeness (QED) is 0.599. The molecule has 6 heteroatoms. The van der Waals surface area contributed by atoms with E-state index in [1.807, 2.05) is 32.2 Å². The highest BCUT2D eigenvalue weighted by Gasteiger charge is 2.28. The van der Waals surface area contributed by atoms with Crippen LogP contribution >= 0.6 is 0 Å². The van der Waals surface area contributed by atoms with Crippen molar-refractivity contribution in [1.82, 2.24) is 10.3 Å². The number of carbonyl (C=O) groups excluding carboxylic acids is 1. The second kappa shape index (κ2) is 13.1. The normalized spacial score (nSPS) is 15.2. The lowest BCUT2D eigenvalue weighted by atomic mass is 10.1. The van der Waals surface area contributed by atoms with Gasteiger partial charge in [0.25, 0.3) is 0 Å². The maximum atomic E-state index is 13.4. The third-order valence-corrected chi connectivity index (χ3v) is 5.22. The van der Waals surface area contributed by atoms with Gasteiger partial charge in [-0.05, 0) is 68.1 Å². The van der Waals surface area contributed by atoms with Crippen LogP contribution < -0.4 is 15.1 Å². The van der Waals surface area contributed by atoms with Gasteiger partial charge in [-0.2, -0.15) is 0 Å². The van der Waals surface area contributed by atoms with Gasteiger partial charge in [-0.3, -0.25) is 4.79 Å². The summed E-state index contributed by atoms with van der Waals surface area (Å²) in [5.41, 5.74) is 1.66. The Bertz CT molecular complexity index is 767. The number of nitrogens with zero attached hydrogens (tertiary/aromatic N) is 3. The van der Waals surface area contributed by atoms with E-state index in [0.29, 0.717) is 12.2 Å². The van der Waals surface area contributed by atoms with E-state index in [4.69, 9.17) is 0 Å². The number of anilines is 2. The Labute approximate surface area is 186 Å². The van der Waals surface area contributed by atoms with Gasteiger partial charge in [0.1, 0.15) is 11.6 Å². The maximum Gasteiger partial charge on any atom is 0.244 e. The molecule has 1 atom stereocenters. The van der Waals surface area contributed by atoms with Crippen LogP contribution in [-0.4, -0.2) is 36.6 Å². The molecule has 0 bridgehead atoms. The first kappa shape index (κ1) is 24.8. The molecule has 170 valence electrons. The first-order chi connectivity index (χ1) is 15.1. The van der Waals surface area contributed by atoms with Crippen LogP contribution in [0.25, 0.3) is 0 Å². The number of benzene rings is 1. The molecule has 0 saturated carbocycles. The number of hydrogen-bond acceptors (Lipinski definition) is 4. The highest BCUT2D eigenvalue weighted by Crippen LogP contribution is 2.22. The van der Waals surface area contributed by atoms with Gasteiger partial charge >= 0.3 is 0 Å². The lowest BCUT2D eigenvalue weighted by Crippen LogP contribution is -2.43. The highest BCUT2D eigenvalue weighted by molar-refractivity contribution is 5.97. The molecule has 1 aliphatic rings. The molecule has 0 spiro atoms. The molecule has 1 N–H and O–H groups in total. The lowest BCUT2D eigenvalue weighted by molar-refractivity contribution is -0.120. The predicted octanol–water partition coefficient (Wildman–Crippen LogP) is 5.16. The van der Waals surface area contributed by atoms with Crippen LogP contribution in [-0.2, 0) is 11.3 Å². The number of hydrogen-bond donors (Lipinski definition) is 1. The topological polar surface area (TPSA) is 48.5 Å². The fourth-order valence-electron chi connectivity index (χ4n) is 3.76. The summed E-state index contributed by atoms with van der Waals surface area (Å²) in [6, 6.07) is 9.99.